The van der Waals surface area contributed by atoms with E-state index in [2.05, 4.69) is 16.6 Å². The highest BCUT2D eigenvalue weighted by molar-refractivity contribution is 5.67. The average molecular weight is 254 g/mol. The molecule has 1 amide bonds. The molecule has 0 N–H and O–H groups in total. The van der Waals surface area contributed by atoms with Crippen molar-refractivity contribution in [3.05, 3.63) is 23.1 Å². The molecule has 0 saturated carbocycles. The number of hydrogen-bond donors (Lipinski definition) is 0. The Bertz CT molecular complexity index is 329. The molecule has 1 atom stereocenters. The van der Waals surface area contributed by atoms with Gasteiger partial charge in [0.15, 0.2) is 0 Å². The number of carbonyl (C=O) groups is 1. The van der Waals surface area contributed by atoms with Gasteiger partial charge in [0.05, 0.1) is 0 Å². The highest BCUT2D eigenvalue weighted by Crippen LogP contribution is 2.11. The topological polar surface area (TPSA) is 78.3 Å². The maximum Gasteiger partial charge on any atom is 0.410 e. The Kier molecular flexibility index (Phi) is 6.90. The third-order valence-corrected chi connectivity index (χ3v) is 2.16. The summed E-state index contributed by atoms with van der Waals surface area (Å²) in [6.45, 7) is 9.54. The van der Waals surface area contributed by atoms with E-state index in [9.17, 15) is 4.79 Å². The summed E-state index contributed by atoms with van der Waals surface area (Å²) < 4.78 is 5.22. The zero-order chi connectivity index (χ0) is 14.2. The van der Waals surface area contributed by atoms with Gasteiger partial charge in [-0.3, -0.25) is 0 Å². The van der Waals surface area contributed by atoms with Crippen LogP contribution in [0.1, 0.15) is 33.6 Å². The van der Waals surface area contributed by atoms with E-state index in [1.807, 2.05) is 20.8 Å². The molecule has 0 aliphatic heterocycles. The highest BCUT2D eigenvalue weighted by Gasteiger charge is 2.19. The molecule has 0 heterocycles. The number of rotatable bonds is 6. The van der Waals surface area contributed by atoms with Gasteiger partial charge in [0.2, 0.25) is 0 Å². The van der Waals surface area contributed by atoms with Crippen molar-refractivity contribution in [2.24, 2.45) is 5.11 Å². The molecule has 102 valence electrons. The molecule has 0 saturated heterocycles. The van der Waals surface area contributed by atoms with E-state index in [1.165, 1.54) is 4.90 Å². The van der Waals surface area contributed by atoms with Crippen molar-refractivity contribution >= 4 is 6.09 Å². The van der Waals surface area contributed by atoms with Gasteiger partial charge in [0.1, 0.15) is 5.60 Å². The molecule has 6 nitrogen and oxygen atoms in total. The van der Waals surface area contributed by atoms with E-state index in [0.29, 0.717) is 19.4 Å². The van der Waals surface area contributed by atoms with Gasteiger partial charge in [-0.1, -0.05) is 11.2 Å². The first-order chi connectivity index (χ1) is 8.30. The molecule has 0 aromatic rings. The zero-order valence-corrected chi connectivity index (χ0v) is 11.6. The normalized spacial score (nSPS) is 12.2. The van der Waals surface area contributed by atoms with Crippen LogP contribution >= 0.6 is 0 Å². The summed E-state index contributed by atoms with van der Waals surface area (Å²) in [5.41, 5.74) is 7.91. The number of amides is 1. The number of nitrogens with zero attached hydrogens (tertiary/aromatic N) is 4. The Balaban J connectivity index is 4.22. The quantitative estimate of drug-likeness (QED) is 0.315. The van der Waals surface area contributed by atoms with Crippen molar-refractivity contribution in [2.45, 2.75) is 45.3 Å². The fourth-order valence-corrected chi connectivity index (χ4v) is 1.26. The predicted molar refractivity (Wildman–Crippen MR) is 71.2 cm³/mol. The first kappa shape index (κ1) is 16.3. The maximum absolute atomic E-state index is 11.7. The van der Waals surface area contributed by atoms with Crippen LogP contribution in [-0.4, -0.2) is 36.2 Å². The molecule has 0 spiro atoms. The molecule has 0 fully saturated rings. The SMILES string of the molecule is C=CCC(CCN(C)C(=O)OC(C)(C)C)N=[N+]=[N-]. The lowest BCUT2D eigenvalue weighted by molar-refractivity contribution is 0.0295. The second-order valence-corrected chi connectivity index (χ2v) is 5.07. The molecule has 0 aliphatic carbocycles. The second-order valence-electron chi connectivity index (χ2n) is 5.07. The summed E-state index contributed by atoms with van der Waals surface area (Å²) in [4.78, 5) is 15.9. The van der Waals surface area contributed by atoms with Crippen molar-refractivity contribution in [3.63, 3.8) is 0 Å². The van der Waals surface area contributed by atoms with Crippen LogP contribution in [0.3, 0.4) is 0 Å². The number of ether oxygens (including phenoxy) is 1. The lowest BCUT2D eigenvalue weighted by atomic mass is 10.1. The Labute approximate surface area is 108 Å². The standard InChI is InChI=1S/C12H22N4O2/c1-6-7-10(14-15-13)8-9-16(5)11(17)18-12(2,3)4/h6,10H,1,7-9H2,2-5H3. The van der Waals surface area contributed by atoms with Crippen LogP contribution in [0.5, 0.6) is 0 Å². The van der Waals surface area contributed by atoms with Gasteiger partial charge in [-0.25, -0.2) is 4.79 Å². The molecule has 6 heteroatoms. The zero-order valence-electron chi connectivity index (χ0n) is 11.6. The summed E-state index contributed by atoms with van der Waals surface area (Å²) in [6.07, 6.45) is 2.52. The molecule has 0 radical (unpaired) electrons. The lowest BCUT2D eigenvalue weighted by Crippen LogP contribution is -2.35. The van der Waals surface area contributed by atoms with Gasteiger partial charge in [0, 0.05) is 24.5 Å². The lowest BCUT2D eigenvalue weighted by Gasteiger charge is -2.25. The van der Waals surface area contributed by atoms with E-state index in [1.54, 1.807) is 13.1 Å². The molecule has 0 bridgehead atoms. The molecule has 0 aliphatic rings. The Morgan fingerprint density at radius 3 is 2.67 bits per heavy atom. The van der Waals surface area contributed by atoms with Crippen molar-refractivity contribution < 1.29 is 9.53 Å². The second kappa shape index (κ2) is 7.61. The molecule has 0 aromatic carbocycles. The largest absolute Gasteiger partial charge is 0.444 e. The van der Waals surface area contributed by atoms with Gasteiger partial charge in [-0.2, -0.15) is 0 Å². The average Bonchev–Trinajstić information content (AvgIpc) is 2.23. The van der Waals surface area contributed by atoms with Crippen LogP contribution < -0.4 is 0 Å². The van der Waals surface area contributed by atoms with Gasteiger partial charge in [-0.15, -0.1) is 6.58 Å². The van der Waals surface area contributed by atoms with E-state index >= 15 is 0 Å². The number of azide groups is 1. The van der Waals surface area contributed by atoms with Crippen LogP contribution in [0, 0.1) is 0 Å². The van der Waals surface area contributed by atoms with Crippen molar-refractivity contribution in [1.82, 2.24) is 4.90 Å². The maximum atomic E-state index is 11.7. The van der Waals surface area contributed by atoms with Crippen LogP contribution in [-0.2, 0) is 4.74 Å². The molecule has 1 unspecified atom stereocenters. The molecular formula is C12H22N4O2. The first-order valence-corrected chi connectivity index (χ1v) is 5.89. The predicted octanol–water partition coefficient (Wildman–Crippen LogP) is 3.50. The van der Waals surface area contributed by atoms with Crippen LogP contribution in [0.25, 0.3) is 10.4 Å². The van der Waals surface area contributed by atoms with E-state index in [-0.39, 0.29) is 12.1 Å². The summed E-state index contributed by atoms with van der Waals surface area (Å²) in [6, 6.07) is -0.169. The summed E-state index contributed by atoms with van der Waals surface area (Å²) in [5.74, 6) is 0. The minimum absolute atomic E-state index is 0.169. The minimum Gasteiger partial charge on any atom is -0.444 e. The third-order valence-electron chi connectivity index (χ3n) is 2.16. The first-order valence-electron chi connectivity index (χ1n) is 5.89. The molecule has 0 rings (SSSR count). The van der Waals surface area contributed by atoms with Gasteiger partial charge >= 0.3 is 6.09 Å². The molecule has 18 heavy (non-hydrogen) atoms. The van der Waals surface area contributed by atoms with Crippen molar-refractivity contribution in [1.29, 1.82) is 0 Å². The summed E-state index contributed by atoms with van der Waals surface area (Å²) >= 11 is 0. The van der Waals surface area contributed by atoms with Gasteiger partial charge in [-0.05, 0) is 39.1 Å². The highest BCUT2D eigenvalue weighted by atomic mass is 16.6. The summed E-state index contributed by atoms with van der Waals surface area (Å²) in [5, 5.41) is 3.65. The molecule has 0 aromatic heterocycles. The Morgan fingerprint density at radius 2 is 2.22 bits per heavy atom. The monoisotopic (exact) mass is 254 g/mol. The smallest absolute Gasteiger partial charge is 0.410 e. The van der Waals surface area contributed by atoms with Gasteiger partial charge in [0.25, 0.3) is 0 Å². The number of carbonyl (C=O) groups excluding carboxylic acids is 1. The fourth-order valence-electron chi connectivity index (χ4n) is 1.26. The van der Waals surface area contributed by atoms with Crippen LogP contribution in [0.4, 0.5) is 4.79 Å². The van der Waals surface area contributed by atoms with E-state index in [0.717, 1.165) is 0 Å². The van der Waals surface area contributed by atoms with E-state index in [4.69, 9.17) is 10.3 Å². The van der Waals surface area contributed by atoms with Crippen LogP contribution in [0.2, 0.25) is 0 Å². The van der Waals surface area contributed by atoms with Gasteiger partial charge < -0.3 is 9.64 Å². The summed E-state index contributed by atoms with van der Waals surface area (Å²) in [7, 11) is 1.66. The van der Waals surface area contributed by atoms with Crippen LogP contribution in [0.15, 0.2) is 17.8 Å². The van der Waals surface area contributed by atoms with Crippen molar-refractivity contribution in [3.8, 4) is 0 Å². The Hall–Kier alpha value is -1.68. The fraction of sp³-hybridized carbons (Fsp3) is 0.750. The van der Waals surface area contributed by atoms with Crippen molar-refractivity contribution in [2.75, 3.05) is 13.6 Å². The molecular weight excluding hydrogens is 232 g/mol. The minimum atomic E-state index is -0.503. The third kappa shape index (κ3) is 7.57. The van der Waals surface area contributed by atoms with E-state index < -0.39 is 5.60 Å². The Morgan fingerprint density at radius 1 is 1.61 bits per heavy atom. The number of hydrogen-bond acceptors (Lipinski definition) is 3.